The molecule has 1 fully saturated rings. The first kappa shape index (κ1) is 10.6. The first-order valence-electron chi connectivity index (χ1n) is 6.13. The summed E-state index contributed by atoms with van der Waals surface area (Å²) in [6.07, 6.45) is 2.88. The highest BCUT2D eigenvalue weighted by molar-refractivity contribution is 5.29. The van der Waals surface area contributed by atoms with Gasteiger partial charge in [-0.05, 0) is 30.7 Å². The minimum atomic E-state index is 0.0604. The maximum atomic E-state index is 5.63. The molecule has 3 rings (SSSR count). The van der Waals surface area contributed by atoms with Gasteiger partial charge in [0.1, 0.15) is 5.76 Å². The topological polar surface area (TPSA) is 25.2 Å². The van der Waals surface area contributed by atoms with Crippen molar-refractivity contribution < 1.29 is 4.42 Å². The molecule has 2 heteroatoms. The Morgan fingerprint density at radius 1 is 1.18 bits per heavy atom. The zero-order chi connectivity index (χ0) is 11.7. The highest BCUT2D eigenvalue weighted by Crippen LogP contribution is 2.43. The summed E-state index contributed by atoms with van der Waals surface area (Å²) in [7, 11) is 0. The number of rotatable bonds is 2. The molecule has 2 unspecified atom stereocenters. The van der Waals surface area contributed by atoms with Crippen LogP contribution in [0.4, 0.5) is 0 Å². The fourth-order valence-corrected chi connectivity index (χ4v) is 2.85. The summed E-state index contributed by atoms with van der Waals surface area (Å²) in [5, 5.41) is 3.59. The normalized spacial score (nSPS) is 28.4. The minimum Gasteiger partial charge on any atom is -0.469 e. The largest absolute Gasteiger partial charge is 0.469 e. The second-order valence-electron chi connectivity index (χ2n) is 4.94. The average molecular weight is 227 g/mol. The Morgan fingerprint density at radius 2 is 2.00 bits per heavy atom. The van der Waals surface area contributed by atoms with Crippen LogP contribution in [0.15, 0.2) is 53.1 Å². The molecule has 1 aromatic carbocycles. The SMILES string of the molecule is CC1(c2ccco2)CCNC1c1ccccc1. The molecule has 88 valence electrons. The maximum absolute atomic E-state index is 5.63. The summed E-state index contributed by atoms with van der Waals surface area (Å²) in [5.41, 5.74) is 1.40. The third-order valence-electron chi connectivity index (χ3n) is 3.85. The van der Waals surface area contributed by atoms with Gasteiger partial charge < -0.3 is 9.73 Å². The Bertz CT molecular complexity index is 477. The number of benzene rings is 1. The van der Waals surface area contributed by atoms with E-state index >= 15 is 0 Å². The molecule has 0 bridgehead atoms. The standard InChI is InChI=1S/C15H17NO/c1-15(13-8-5-11-17-13)9-10-16-14(15)12-6-3-2-4-7-12/h2-8,11,14,16H,9-10H2,1H3. The smallest absolute Gasteiger partial charge is 0.111 e. The Balaban J connectivity index is 2.00. The molecular formula is C15H17NO. The second-order valence-corrected chi connectivity index (χ2v) is 4.94. The third kappa shape index (κ3) is 1.69. The van der Waals surface area contributed by atoms with Gasteiger partial charge in [-0.1, -0.05) is 37.3 Å². The molecule has 2 heterocycles. The molecule has 0 saturated carbocycles. The van der Waals surface area contributed by atoms with Crippen LogP contribution in [0.3, 0.4) is 0 Å². The molecule has 0 amide bonds. The molecule has 1 aliphatic heterocycles. The predicted octanol–water partition coefficient (Wildman–Crippen LogP) is 3.27. The number of hydrogen-bond acceptors (Lipinski definition) is 2. The van der Waals surface area contributed by atoms with Crippen LogP contribution in [0.2, 0.25) is 0 Å². The molecule has 2 aromatic rings. The van der Waals surface area contributed by atoms with Crippen LogP contribution in [0.25, 0.3) is 0 Å². The first-order chi connectivity index (χ1) is 8.31. The van der Waals surface area contributed by atoms with Crippen molar-refractivity contribution in [3.05, 3.63) is 60.1 Å². The molecule has 2 atom stereocenters. The zero-order valence-corrected chi connectivity index (χ0v) is 10.0. The van der Waals surface area contributed by atoms with Crippen molar-refractivity contribution in [2.75, 3.05) is 6.54 Å². The lowest BCUT2D eigenvalue weighted by atomic mass is 9.77. The van der Waals surface area contributed by atoms with E-state index in [1.165, 1.54) is 5.56 Å². The van der Waals surface area contributed by atoms with E-state index in [0.717, 1.165) is 18.7 Å². The van der Waals surface area contributed by atoms with Gasteiger partial charge in [-0.2, -0.15) is 0 Å². The number of furan rings is 1. The Morgan fingerprint density at radius 3 is 2.71 bits per heavy atom. The Kier molecular flexibility index (Phi) is 2.52. The lowest BCUT2D eigenvalue weighted by molar-refractivity contribution is 0.327. The average Bonchev–Trinajstić information content (AvgIpc) is 2.99. The third-order valence-corrected chi connectivity index (χ3v) is 3.85. The van der Waals surface area contributed by atoms with E-state index in [1.54, 1.807) is 6.26 Å². The number of nitrogens with one attached hydrogen (secondary N) is 1. The van der Waals surface area contributed by atoms with Gasteiger partial charge in [-0.15, -0.1) is 0 Å². The molecule has 1 aromatic heterocycles. The van der Waals surface area contributed by atoms with E-state index in [0.29, 0.717) is 6.04 Å². The van der Waals surface area contributed by atoms with Gasteiger partial charge in [0.2, 0.25) is 0 Å². The summed E-state index contributed by atoms with van der Waals surface area (Å²) in [5.74, 6) is 1.08. The fourth-order valence-electron chi connectivity index (χ4n) is 2.85. The van der Waals surface area contributed by atoms with Crippen LogP contribution in [0, 0.1) is 0 Å². The van der Waals surface area contributed by atoms with Crippen LogP contribution in [0.5, 0.6) is 0 Å². The van der Waals surface area contributed by atoms with Gasteiger partial charge in [0, 0.05) is 11.5 Å². The fraction of sp³-hybridized carbons (Fsp3) is 0.333. The van der Waals surface area contributed by atoms with Crippen LogP contribution in [-0.4, -0.2) is 6.54 Å². The summed E-state index contributed by atoms with van der Waals surface area (Å²) >= 11 is 0. The Labute approximate surface area is 102 Å². The van der Waals surface area contributed by atoms with Crippen molar-refractivity contribution >= 4 is 0 Å². The van der Waals surface area contributed by atoms with Gasteiger partial charge in [0.05, 0.1) is 6.26 Å². The molecule has 1 saturated heterocycles. The van der Waals surface area contributed by atoms with Crippen molar-refractivity contribution in [1.82, 2.24) is 5.32 Å². The van der Waals surface area contributed by atoms with Crippen LogP contribution in [-0.2, 0) is 5.41 Å². The van der Waals surface area contributed by atoms with Crippen molar-refractivity contribution in [1.29, 1.82) is 0 Å². The van der Waals surface area contributed by atoms with Crippen LogP contribution in [0.1, 0.15) is 30.7 Å². The first-order valence-corrected chi connectivity index (χ1v) is 6.13. The molecule has 1 aliphatic rings. The van der Waals surface area contributed by atoms with Gasteiger partial charge in [0.15, 0.2) is 0 Å². The summed E-state index contributed by atoms with van der Waals surface area (Å²) in [4.78, 5) is 0. The quantitative estimate of drug-likeness (QED) is 0.851. The van der Waals surface area contributed by atoms with Gasteiger partial charge >= 0.3 is 0 Å². The summed E-state index contributed by atoms with van der Waals surface area (Å²) < 4.78 is 5.63. The highest BCUT2D eigenvalue weighted by Gasteiger charge is 2.42. The summed E-state index contributed by atoms with van der Waals surface area (Å²) in [6.45, 7) is 3.32. The van der Waals surface area contributed by atoms with Gasteiger partial charge in [-0.3, -0.25) is 0 Å². The number of hydrogen-bond donors (Lipinski definition) is 1. The van der Waals surface area contributed by atoms with E-state index in [4.69, 9.17) is 4.42 Å². The zero-order valence-electron chi connectivity index (χ0n) is 10.0. The predicted molar refractivity (Wildman–Crippen MR) is 67.9 cm³/mol. The maximum Gasteiger partial charge on any atom is 0.111 e. The Hall–Kier alpha value is -1.54. The monoisotopic (exact) mass is 227 g/mol. The molecule has 0 radical (unpaired) electrons. The van der Waals surface area contributed by atoms with E-state index in [1.807, 2.05) is 6.07 Å². The minimum absolute atomic E-state index is 0.0604. The molecule has 1 N–H and O–H groups in total. The lowest BCUT2D eigenvalue weighted by Crippen LogP contribution is -2.29. The van der Waals surface area contributed by atoms with Gasteiger partial charge in [-0.25, -0.2) is 0 Å². The molecule has 2 nitrogen and oxygen atoms in total. The van der Waals surface area contributed by atoms with Crippen molar-refractivity contribution in [3.8, 4) is 0 Å². The summed E-state index contributed by atoms with van der Waals surface area (Å²) in [6, 6.07) is 15.0. The second kappa shape index (κ2) is 4.04. The molecule has 0 aliphatic carbocycles. The van der Waals surface area contributed by atoms with E-state index in [9.17, 15) is 0 Å². The highest BCUT2D eigenvalue weighted by atomic mass is 16.3. The molecular weight excluding hydrogens is 210 g/mol. The van der Waals surface area contributed by atoms with E-state index < -0.39 is 0 Å². The van der Waals surface area contributed by atoms with Crippen molar-refractivity contribution in [2.45, 2.75) is 24.8 Å². The van der Waals surface area contributed by atoms with Crippen LogP contribution < -0.4 is 5.32 Å². The molecule has 0 spiro atoms. The van der Waals surface area contributed by atoms with E-state index in [-0.39, 0.29) is 5.41 Å². The lowest BCUT2D eigenvalue weighted by Gasteiger charge is -2.29. The van der Waals surface area contributed by atoms with Crippen molar-refractivity contribution in [3.63, 3.8) is 0 Å². The van der Waals surface area contributed by atoms with Gasteiger partial charge in [0.25, 0.3) is 0 Å². The molecule has 17 heavy (non-hydrogen) atoms. The van der Waals surface area contributed by atoms with Crippen molar-refractivity contribution in [2.24, 2.45) is 0 Å². The van der Waals surface area contributed by atoms with Crippen LogP contribution >= 0.6 is 0 Å². The van der Waals surface area contributed by atoms with E-state index in [2.05, 4.69) is 48.6 Å².